The van der Waals surface area contributed by atoms with Crippen LogP contribution in [0.4, 0.5) is 5.69 Å². The number of amides is 1. The minimum Gasteiger partial charge on any atom is -0.486 e. The summed E-state index contributed by atoms with van der Waals surface area (Å²) in [6.45, 7) is 10.1. The van der Waals surface area contributed by atoms with Gasteiger partial charge in [-0.15, -0.1) is 0 Å². The van der Waals surface area contributed by atoms with E-state index in [0.717, 1.165) is 54.6 Å². The van der Waals surface area contributed by atoms with Gasteiger partial charge in [0.05, 0.1) is 12.2 Å². The third-order valence-corrected chi connectivity index (χ3v) is 7.01. The Balaban J connectivity index is 1.28. The highest BCUT2D eigenvalue weighted by Crippen LogP contribution is 2.39. The number of para-hydroxylation sites is 1. The smallest absolute Gasteiger partial charge is 0.258 e. The van der Waals surface area contributed by atoms with Crippen LogP contribution in [0.15, 0.2) is 71.4 Å². The summed E-state index contributed by atoms with van der Waals surface area (Å²) in [4.78, 5) is 24.8. The monoisotopic (exact) mass is 486 g/mol. The van der Waals surface area contributed by atoms with Crippen molar-refractivity contribution in [1.29, 1.82) is 0 Å². The van der Waals surface area contributed by atoms with Gasteiger partial charge in [0.2, 0.25) is 0 Å². The van der Waals surface area contributed by atoms with Crippen LogP contribution in [0.2, 0.25) is 0 Å². The molecule has 0 unspecified atom stereocenters. The maximum atomic E-state index is 13.6. The number of allylic oxidation sites excluding steroid dienone is 3. The van der Waals surface area contributed by atoms with Crippen LogP contribution in [0, 0.1) is 6.92 Å². The Hall–Kier alpha value is -3.58. The molecule has 0 spiro atoms. The van der Waals surface area contributed by atoms with Gasteiger partial charge in [0.15, 0.2) is 11.5 Å². The van der Waals surface area contributed by atoms with E-state index in [9.17, 15) is 4.79 Å². The van der Waals surface area contributed by atoms with Crippen LogP contribution in [-0.4, -0.2) is 80.4 Å². The zero-order valence-corrected chi connectivity index (χ0v) is 21.1. The number of benzene rings is 2. The molecule has 0 N–H and O–H groups in total. The topological polar surface area (TPSA) is 57.6 Å². The number of aliphatic imine (C=N–C) groups is 1. The van der Waals surface area contributed by atoms with Crippen LogP contribution in [0.1, 0.15) is 22.8 Å². The van der Waals surface area contributed by atoms with Crippen molar-refractivity contribution in [1.82, 2.24) is 9.80 Å². The molecule has 3 aliphatic rings. The van der Waals surface area contributed by atoms with Crippen molar-refractivity contribution in [2.45, 2.75) is 19.9 Å². The first-order chi connectivity index (χ1) is 17.6. The molecule has 0 aromatic heterocycles. The Morgan fingerprint density at radius 3 is 2.61 bits per heavy atom. The number of piperazine rings is 1. The van der Waals surface area contributed by atoms with Gasteiger partial charge in [0.1, 0.15) is 13.2 Å². The largest absolute Gasteiger partial charge is 0.486 e. The Labute approximate surface area is 213 Å². The summed E-state index contributed by atoms with van der Waals surface area (Å²) in [7, 11) is 0. The molecule has 0 bridgehead atoms. The third-order valence-electron chi connectivity index (χ3n) is 7.01. The quantitative estimate of drug-likeness (QED) is 0.619. The average molecular weight is 487 g/mol. The van der Waals surface area contributed by atoms with Gasteiger partial charge in [-0.3, -0.25) is 14.7 Å². The molecule has 1 atom stereocenters. The summed E-state index contributed by atoms with van der Waals surface area (Å²) in [5, 5.41) is 0. The molecule has 0 radical (unpaired) electrons. The van der Waals surface area contributed by atoms with Crippen LogP contribution in [0.5, 0.6) is 11.5 Å². The van der Waals surface area contributed by atoms with E-state index in [4.69, 9.17) is 9.47 Å². The van der Waals surface area contributed by atoms with Gasteiger partial charge in [-0.1, -0.05) is 29.8 Å². The maximum absolute atomic E-state index is 13.6. The van der Waals surface area contributed by atoms with Crippen LogP contribution in [0.3, 0.4) is 0 Å². The molecule has 3 heterocycles. The molecule has 5 rings (SSSR count). The first kappa shape index (κ1) is 24.1. The molecule has 2 aromatic carbocycles. The molecule has 1 fully saturated rings. The second-order valence-electron chi connectivity index (χ2n) is 9.49. The van der Waals surface area contributed by atoms with Gasteiger partial charge >= 0.3 is 0 Å². The van der Waals surface area contributed by atoms with Crippen molar-refractivity contribution < 1.29 is 14.3 Å². The number of aryl methyl sites for hydroxylation is 1. The van der Waals surface area contributed by atoms with E-state index in [2.05, 4.69) is 27.8 Å². The van der Waals surface area contributed by atoms with Gasteiger partial charge in [0, 0.05) is 56.2 Å². The molecule has 7 heteroatoms. The molecule has 2 aromatic rings. The summed E-state index contributed by atoms with van der Waals surface area (Å²) in [6, 6.07) is 14.1. The molecule has 1 saturated heterocycles. The van der Waals surface area contributed by atoms with Gasteiger partial charge in [-0.25, -0.2) is 0 Å². The first-order valence-electron chi connectivity index (χ1n) is 12.7. The zero-order chi connectivity index (χ0) is 24.9. The van der Waals surface area contributed by atoms with Crippen molar-refractivity contribution in [2.75, 3.05) is 57.4 Å². The summed E-state index contributed by atoms with van der Waals surface area (Å²) >= 11 is 0. The molecule has 36 heavy (non-hydrogen) atoms. The second-order valence-corrected chi connectivity index (χ2v) is 9.49. The highest BCUT2D eigenvalue weighted by atomic mass is 16.6. The van der Waals surface area contributed by atoms with Crippen molar-refractivity contribution in [3.05, 3.63) is 77.5 Å². The Morgan fingerprint density at radius 2 is 1.81 bits per heavy atom. The number of hydrogen-bond donors (Lipinski definition) is 0. The van der Waals surface area contributed by atoms with E-state index in [1.807, 2.05) is 66.4 Å². The molecule has 188 valence electrons. The van der Waals surface area contributed by atoms with E-state index in [0.29, 0.717) is 31.9 Å². The Bertz CT molecular complexity index is 1160. The molecule has 7 nitrogen and oxygen atoms in total. The van der Waals surface area contributed by atoms with E-state index in [1.54, 1.807) is 6.21 Å². The van der Waals surface area contributed by atoms with Gasteiger partial charge in [-0.05, 0) is 50.3 Å². The lowest BCUT2D eigenvalue weighted by Crippen LogP contribution is -2.53. The van der Waals surface area contributed by atoms with Crippen LogP contribution >= 0.6 is 0 Å². The lowest BCUT2D eigenvalue weighted by Gasteiger charge is -2.41. The van der Waals surface area contributed by atoms with E-state index in [-0.39, 0.29) is 11.9 Å². The fraction of sp³-hybridized carbons (Fsp3) is 0.379. The Morgan fingerprint density at radius 1 is 1.03 bits per heavy atom. The molecule has 3 aliphatic heterocycles. The average Bonchev–Trinajstić information content (AvgIpc) is 3.21. The minimum absolute atomic E-state index is 0.0188. The highest BCUT2D eigenvalue weighted by molar-refractivity contribution is 5.95. The highest BCUT2D eigenvalue weighted by Gasteiger charge is 2.28. The number of fused-ring (bicyclic) bond motifs is 1. The van der Waals surface area contributed by atoms with Crippen LogP contribution < -0.4 is 14.4 Å². The molecular weight excluding hydrogens is 452 g/mol. The number of ether oxygens (including phenoxy) is 2. The van der Waals surface area contributed by atoms with Gasteiger partial charge < -0.3 is 19.3 Å². The second kappa shape index (κ2) is 11.0. The van der Waals surface area contributed by atoms with Crippen molar-refractivity contribution in [3.8, 4) is 11.5 Å². The van der Waals surface area contributed by atoms with E-state index >= 15 is 0 Å². The lowest BCUT2D eigenvalue weighted by molar-refractivity contribution is 0.0746. The molecule has 1 amide bonds. The molecular formula is C29H34N4O3. The summed E-state index contributed by atoms with van der Waals surface area (Å²) in [5.41, 5.74) is 3.86. The summed E-state index contributed by atoms with van der Waals surface area (Å²) < 4.78 is 11.7. The van der Waals surface area contributed by atoms with Crippen molar-refractivity contribution in [2.24, 2.45) is 4.99 Å². The van der Waals surface area contributed by atoms with Gasteiger partial charge in [0.25, 0.3) is 5.91 Å². The number of rotatable bonds is 6. The predicted molar refractivity (Wildman–Crippen MR) is 143 cm³/mol. The normalized spacial score (nSPS) is 18.4. The first-order valence-corrected chi connectivity index (χ1v) is 12.7. The van der Waals surface area contributed by atoms with Crippen LogP contribution in [0.25, 0.3) is 0 Å². The predicted octanol–water partition coefficient (Wildman–Crippen LogP) is 3.94. The van der Waals surface area contributed by atoms with E-state index < -0.39 is 0 Å². The SMILES string of the molecule is Cc1ccc(C(=O)N(C[C@H](C)N2CCN(c3cccc4c3OCCO4)CC2)C2=CC=CC=NC2)cc1. The number of carbonyl (C=O) groups excluding carboxylic acids is 1. The number of anilines is 1. The van der Waals surface area contributed by atoms with Gasteiger partial charge in [-0.2, -0.15) is 0 Å². The van der Waals surface area contributed by atoms with Crippen LogP contribution in [-0.2, 0) is 0 Å². The fourth-order valence-corrected chi connectivity index (χ4v) is 4.92. The van der Waals surface area contributed by atoms with Crippen molar-refractivity contribution >= 4 is 17.8 Å². The molecule has 0 saturated carbocycles. The molecule has 0 aliphatic carbocycles. The number of carbonyl (C=O) groups is 1. The summed E-state index contributed by atoms with van der Waals surface area (Å²) in [6.07, 6.45) is 7.65. The Kier molecular flexibility index (Phi) is 7.37. The number of hydrogen-bond acceptors (Lipinski definition) is 6. The summed E-state index contributed by atoms with van der Waals surface area (Å²) in [5.74, 6) is 1.70. The third kappa shape index (κ3) is 5.31. The van der Waals surface area contributed by atoms with Crippen molar-refractivity contribution in [3.63, 3.8) is 0 Å². The minimum atomic E-state index is 0.0188. The maximum Gasteiger partial charge on any atom is 0.258 e. The number of nitrogens with zero attached hydrogens (tertiary/aromatic N) is 4. The fourth-order valence-electron chi connectivity index (χ4n) is 4.92. The zero-order valence-electron chi connectivity index (χ0n) is 21.1. The lowest BCUT2D eigenvalue weighted by atomic mass is 10.1. The van der Waals surface area contributed by atoms with E-state index in [1.165, 1.54) is 0 Å². The standard InChI is InChI=1S/C29H34N4O3/c1-22-9-11-24(12-10-22)29(34)33(25-6-3-4-13-30-20-25)21-23(2)31-14-16-32(17-15-31)26-7-5-8-27-28(26)36-19-18-35-27/h3-13,23H,14-21H2,1-2H3/t23-/m0/s1.